The highest BCUT2D eigenvalue weighted by Crippen LogP contribution is 2.17. The molecule has 2 aromatic heterocycles. The van der Waals surface area contributed by atoms with E-state index >= 15 is 0 Å². The van der Waals surface area contributed by atoms with Crippen LogP contribution in [0.1, 0.15) is 37.3 Å². The molecule has 16 heavy (non-hydrogen) atoms. The second-order valence-corrected chi connectivity index (χ2v) is 4.74. The molecule has 0 aliphatic carbocycles. The van der Waals surface area contributed by atoms with Crippen LogP contribution in [0.3, 0.4) is 0 Å². The van der Waals surface area contributed by atoms with E-state index in [1.807, 2.05) is 11.6 Å². The number of rotatable bonds is 4. The molecular weight excluding hydrogens is 222 g/mol. The van der Waals surface area contributed by atoms with Gasteiger partial charge >= 0.3 is 0 Å². The number of aromatic nitrogens is 4. The third-order valence-corrected chi connectivity index (χ3v) is 3.19. The second kappa shape index (κ2) is 4.71. The molecule has 2 aromatic rings. The Morgan fingerprint density at radius 2 is 2.31 bits per heavy atom. The minimum absolute atomic E-state index is 0.139. The van der Waals surface area contributed by atoms with E-state index in [0.717, 1.165) is 12.2 Å². The lowest BCUT2D eigenvalue weighted by Gasteiger charge is -2.13. The van der Waals surface area contributed by atoms with Gasteiger partial charge in [0.1, 0.15) is 0 Å². The Kier molecular flexibility index (Phi) is 3.31. The molecular formula is C10H15N5S. The van der Waals surface area contributed by atoms with E-state index in [-0.39, 0.29) is 12.1 Å². The summed E-state index contributed by atoms with van der Waals surface area (Å²) >= 11 is 1.70. The fourth-order valence-corrected chi connectivity index (χ4v) is 2.33. The van der Waals surface area contributed by atoms with Crippen molar-refractivity contribution in [2.24, 2.45) is 5.73 Å². The molecule has 2 atom stereocenters. The molecule has 0 aliphatic heterocycles. The first-order valence-electron chi connectivity index (χ1n) is 5.23. The first kappa shape index (κ1) is 11.2. The maximum atomic E-state index is 5.81. The Morgan fingerprint density at radius 1 is 1.50 bits per heavy atom. The Bertz CT molecular complexity index is 434. The Balaban J connectivity index is 2.14. The quantitative estimate of drug-likeness (QED) is 0.876. The van der Waals surface area contributed by atoms with Gasteiger partial charge in [-0.3, -0.25) is 0 Å². The summed E-state index contributed by atoms with van der Waals surface area (Å²) in [6.45, 7) is 3.99. The molecule has 0 fully saturated rings. The van der Waals surface area contributed by atoms with Crippen LogP contribution in [0.25, 0.3) is 0 Å². The van der Waals surface area contributed by atoms with Crippen LogP contribution in [0.5, 0.6) is 0 Å². The van der Waals surface area contributed by atoms with E-state index in [9.17, 15) is 0 Å². The first-order chi connectivity index (χ1) is 7.68. The Labute approximate surface area is 98.3 Å². The smallest absolute Gasteiger partial charge is 0.167 e. The summed E-state index contributed by atoms with van der Waals surface area (Å²) in [6.07, 6.45) is 0.925. The molecule has 86 valence electrons. The van der Waals surface area contributed by atoms with Crippen LogP contribution in [0.4, 0.5) is 0 Å². The zero-order chi connectivity index (χ0) is 11.5. The van der Waals surface area contributed by atoms with E-state index in [1.54, 1.807) is 11.3 Å². The molecule has 2 N–H and O–H groups in total. The van der Waals surface area contributed by atoms with Crippen molar-refractivity contribution in [3.05, 3.63) is 28.2 Å². The van der Waals surface area contributed by atoms with Crippen LogP contribution in [0.15, 0.2) is 16.8 Å². The van der Waals surface area contributed by atoms with Crippen LogP contribution in [-0.2, 0) is 6.42 Å². The lowest BCUT2D eigenvalue weighted by Crippen LogP contribution is -2.18. The van der Waals surface area contributed by atoms with Crippen LogP contribution in [0, 0.1) is 0 Å². The van der Waals surface area contributed by atoms with Crippen molar-refractivity contribution in [3.8, 4) is 0 Å². The first-order valence-corrected chi connectivity index (χ1v) is 6.17. The maximum absolute atomic E-state index is 5.81. The lowest BCUT2D eigenvalue weighted by molar-refractivity contribution is 0.447. The zero-order valence-electron chi connectivity index (χ0n) is 9.37. The summed E-state index contributed by atoms with van der Waals surface area (Å²) in [5.74, 6) is 0.739. The van der Waals surface area contributed by atoms with Gasteiger partial charge in [0, 0.05) is 0 Å². The van der Waals surface area contributed by atoms with Crippen molar-refractivity contribution in [3.63, 3.8) is 0 Å². The highest BCUT2D eigenvalue weighted by atomic mass is 32.1. The molecule has 5 nitrogen and oxygen atoms in total. The number of nitrogens with zero attached hydrogens (tertiary/aromatic N) is 4. The van der Waals surface area contributed by atoms with E-state index in [4.69, 9.17) is 5.73 Å². The standard InChI is InChI=1S/C10H15N5S/c1-7(5-9-3-4-16-6-9)15-10(8(2)11)12-13-14-15/h3-4,6-8H,5,11H2,1-2H3. The summed E-state index contributed by atoms with van der Waals surface area (Å²) in [7, 11) is 0. The number of nitrogens with two attached hydrogens (primary N) is 1. The number of hydrogen-bond acceptors (Lipinski definition) is 5. The lowest BCUT2D eigenvalue weighted by atomic mass is 10.1. The molecule has 0 saturated carbocycles. The van der Waals surface area contributed by atoms with Crippen molar-refractivity contribution in [1.29, 1.82) is 0 Å². The van der Waals surface area contributed by atoms with Gasteiger partial charge in [-0.1, -0.05) is 0 Å². The van der Waals surface area contributed by atoms with Gasteiger partial charge in [-0.05, 0) is 53.1 Å². The summed E-state index contributed by atoms with van der Waals surface area (Å²) in [5, 5.41) is 15.8. The molecule has 0 spiro atoms. The van der Waals surface area contributed by atoms with Gasteiger partial charge in [-0.2, -0.15) is 11.3 Å². The second-order valence-electron chi connectivity index (χ2n) is 3.96. The predicted octanol–water partition coefficient (Wildman–Crippen LogP) is 1.56. The number of thiophene rings is 1. The molecule has 0 saturated heterocycles. The summed E-state index contributed by atoms with van der Waals surface area (Å²) in [5.41, 5.74) is 7.12. The number of tetrazole rings is 1. The van der Waals surface area contributed by atoms with Gasteiger partial charge in [0.05, 0.1) is 12.1 Å². The monoisotopic (exact) mass is 237 g/mol. The van der Waals surface area contributed by atoms with Crippen molar-refractivity contribution in [2.45, 2.75) is 32.4 Å². The van der Waals surface area contributed by atoms with Crippen LogP contribution in [-0.4, -0.2) is 20.2 Å². The molecule has 0 aromatic carbocycles. The number of hydrogen-bond donors (Lipinski definition) is 1. The largest absolute Gasteiger partial charge is 0.322 e. The average Bonchev–Trinajstić information content (AvgIpc) is 2.86. The average molecular weight is 237 g/mol. The van der Waals surface area contributed by atoms with Crippen LogP contribution >= 0.6 is 11.3 Å². The van der Waals surface area contributed by atoms with Gasteiger partial charge in [0.2, 0.25) is 0 Å². The minimum atomic E-state index is -0.139. The molecule has 2 rings (SSSR count). The molecule has 2 heterocycles. The van der Waals surface area contributed by atoms with Crippen molar-refractivity contribution in [1.82, 2.24) is 20.2 Å². The van der Waals surface area contributed by atoms with Gasteiger partial charge < -0.3 is 5.73 Å². The van der Waals surface area contributed by atoms with Crippen molar-refractivity contribution in [2.75, 3.05) is 0 Å². The summed E-state index contributed by atoms with van der Waals surface area (Å²) < 4.78 is 1.81. The molecule has 0 aliphatic rings. The SMILES string of the molecule is CC(N)c1nnnn1C(C)Cc1ccsc1. The van der Waals surface area contributed by atoms with E-state index in [1.165, 1.54) is 5.56 Å². The van der Waals surface area contributed by atoms with Crippen LogP contribution in [0.2, 0.25) is 0 Å². The highest BCUT2D eigenvalue weighted by Gasteiger charge is 2.16. The third-order valence-electron chi connectivity index (χ3n) is 2.45. The van der Waals surface area contributed by atoms with Gasteiger partial charge in [0.25, 0.3) is 0 Å². The fourth-order valence-electron chi connectivity index (χ4n) is 1.65. The Hall–Kier alpha value is -1.27. The summed E-state index contributed by atoms with van der Waals surface area (Å²) in [4.78, 5) is 0. The maximum Gasteiger partial charge on any atom is 0.167 e. The topological polar surface area (TPSA) is 69.6 Å². The van der Waals surface area contributed by atoms with E-state index < -0.39 is 0 Å². The third kappa shape index (κ3) is 2.28. The van der Waals surface area contributed by atoms with Crippen LogP contribution < -0.4 is 5.73 Å². The zero-order valence-corrected chi connectivity index (χ0v) is 10.2. The molecule has 2 unspecified atom stereocenters. The fraction of sp³-hybridized carbons (Fsp3) is 0.500. The normalized spacial score (nSPS) is 14.9. The Morgan fingerprint density at radius 3 is 2.94 bits per heavy atom. The highest BCUT2D eigenvalue weighted by molar-refractivity contribution is 7.07. The molecule has 0 bridgehead atoms. The van der Waals surface area contributed by atoms with E-state index in [0.29, 0.717) is 0 Å². The molecule has 6 heteroatoms. The van der Waals surface area contributed by atoms with Gasteiger partial charge in [-0.25, -0.2) is 4.68 Å². The van der Waals surface area contributed by atoms with Crippen molar-refractivity contribution < 1.29 is 0 Å². The van der Waals surface area contributed by atoms with Crippen molar-refractivity contribution >= 4 is 11.3 Å². The summed E-state index contributed by atoms with van der Waals surface area (Å²) in [6, 6.07) is 2.21. The van der Waals surface area contributed by atoms with Gasteiger partial charge in [-0.15, -0.1) is 5.10 Å². The molecule has 0 radical (unpaired) electrons. The van der Waals surface area contributed by atoms with E-state index in [2.05, 4.69) is 39.3 Å². The molecule has 0 amide bonds. The predicted molar refractivity (Wildman–Crippen MR) is 63.2 cm³/mol. The van der Waals surface area contributed by atoms with Gasteiger partial charge in [0.15, 0.2) is 5.82 Å². The minimum Gasteiger partial charge on any atom is -0.322 e.